The van der Waals surface area contributed by atoms with E-state index < -0.39 is 0 Å². The van der Waals surface area contributed by atoms with Gasteiger partial charge in [-0.25, -0.2) is 4.79 Å². The predicted octanol–water partition coefficient (Wildman–Crippen LogP) is 2.20. The van der Waals surface area contributed by atoms with E-state index in [9.17, 15) is 4.79 Å². The molecule has 1 aromatic carbocycles. The molecule has 1 aromatic rings. The van der Waals surface area contributed by atoms with Gasteiger partial charge in [-0.05, 0) is 12.5 Å². The van der Waals surface area contributed by atoms with Crippen LogP contribution in [0.25, 0.3) is 0 Å². The molecule has 0 spiro atoms. The number of rotatable bonds is 5. The first kappa shape index (κ1) is 11.4. The number of benzene rings is 1. The average Bonchev–Trinajstić information content (AvgIpc) is 2.26. The van der Waals surface area contributed by atoms with Gasteiger partial charge in [0.1, 0.15) is 0 Å². The molecule has 0 amide bonds. The molecular weight excluding hydrogens is 192 g/mol. The van der Waals surface area contributed by atoms with Crippen LogP contribution in [0.3, 0.4) is 0 Å². The van der Waals surface area contributed by atoms with Gasteiger partial charge in [-0.3, -0.25) is 0 Å². The molecule has 0 aromatic heterocycles. The van der Waals surface area contributed by atoms with E-state index in [1.165, 1.54) is 0 Å². The van der Waals surface area contributed by atoms with Gasteiger partial charge in [0.2, 0.25) is 0 Å². The summed E-state index contributed by atoms with van der Waals surface area (Å²) >= 11 is 0. The number of carbonyl (C=O) groups excluding carboxylic acids is 1. The first-order chi connectivity index (χ1) is 7.33. The van der Waals surface area contributed by atoms with Crippen LogP contribution in [-0.2, 0) is 16.1 Å². The van der Waals surface area contributed by atoms with Gasteiger partial charge in [0.25, 0.3) is 0 Å². The van der Waals surface area contributed by atoms with E-state index >= 15 is 0 Å². The van der Waals surface area contributed by atoms with Crippen molar-refractivity contribution >= 4 is 5.97 Å². The molecule has 4 nitrogen and oxygen atoms in total. The van der Waals surface area contributed by atoms with E-state index in [0.717, 1.165) is 5.56 Å². The molecule has 0 aliphatic rings. The maximum absolute atomic E-state index is 10.9. The Morgan fingerprint density at radius 2 is 2.00 bits per heavy atom. The van der Waals surface area contributed by atoms with Gasteiger partial charge in [-0.1, -0.05) is 30.3 Å². The Morgan fingerprint density at radius 1 is 1.27 bits per heavy atom. The summed E-state index contributed by atoms with van der Waals surface area (Å²) in [4.78, 5) is 10.9. The molecule has 0 atom stereocenters. The smallest absolute Gasteiger partial charge is 0.329 e. The normalized spacial score (nSPS) is 10.5. The highest BCUT2D eigenvalue weighted by atomic mass is 16.5. The lowest BCUT2D eigenvalue weighted by molar-refractivity contribution is -0.141. The molecule has 0 saturated carbocycles. The Balaban J connectivity index is 2.26. The van der Waals surface area contributed by atoms with Crippen LogP contribution in [0.5, 0.6) is 0 Å². The Morgan fingerprint density at radius 3 is 2.67 bits per heavy atom. The molecule has 0 aliphatic heterocycles. The maximum atomic E-state index is 10.9. The monoisotopic (exact) mass is 206 g/mol. The molecule has 0 aliphatic carbocycles. The van der Waals surface area contributed by atoms with E-state index in [1.807, 2.05) is 30.3 Å². The van der Waals surface area contributed by atoms with Crippen LogP contribution < -0.4 is 0 Å². The zero-order chi connectivity index (χ0) is 10.9. The number of hydrogen-bond donors (Lipinski definition) is 0. The SMILES string of the molecule is CCOC(=O)CN=NCc1ccccc1. The van der Waals surface area contributed by atoms with Crippen molar-refractivity contribution < 1.29 is 9.53 Å². The molecule has 0 N–H and O–H groups in total. The Hall–Kier alpha value is -1.71. The molecule has 80 valence electrons. The summed E-state index contributed by atoms with van der Waals surface area (Å²) in [6, 6.07) is 9.75. The first-order valence-corrected chi connectivity index (χ1v) is 4.85. The summed E-state index contributed by atoms with van der Waals surface area (Å²) in [5, 5.41) is 7.62. The molecular formula is C11H14N2O2. The number of azo groups is 1. The number of esters is 1. The van der Waals surface area contributed by atoms with Crippen LogP contribution in [0, 0.1) is 0 Å². The Labute approximate surface area is 89.0 Å². The van der Waals surface area contributed by atoms with Gasteiger partial charge in [0.15, 0.2) is 6.54 Å². The van der Waals surface area contributed by atoms with E-state index in [1.54, 1.807) is 6.92 Å². The molecule has 4 heteroatoms. The van der Waals surface area contributed by atoms with Gasteiger partial charge in [-0.2, -0.15) is 10.2 Å². The van der Waals surface area contributed by atoms with Crippen molar-refractivity contribution in [2.24, 2.45) is 10.2 Å². The number of hydrogen-bond acceptors (Lipinski definition) is 4. The quantitative estimate of drug-likeness (QED) is 0.547. The zero-order valence-electron chi connectivity index (χ0n) is 8.72. The summed E-state index contributed by atoms with van der Waals surface area (Å²) in [6.07, 6.45) is 0. The van der Waals surface area contributed by atoms with Crippen molar-refractivity contribution in [3.63, 3.8) is 0 Å². The summed E-state index contributed by atoms with van der Waals surface area (Å²) in [5.41, 5.74) is 1.07. The van der Waals surface area contributed by atoms with Crippen molar-refractivity contribution in [2.45, 2.75) is 13.5 Å². The molecule has 0 heterocycles. The highest BCUT2D eigenvalue weighted by molar-refractivity contribution is 5.71. The molecule has 0 saturated heterocycles. The average molecular weight is 206 g/mol. The van der Waals surface area contributed by atoms with Gasteiger partial charge in [0.05, 0.1) is 13.2 Å². The topological polar surface area (TPSA) is 51.0 Å². The van der Waals surface area contributed by atoms with Crippen LogP contribution in [-0.4, -0.2) is 19.1 Å². The van der Waals surface area contributed by atoms with E-state index in [-0.39, 0.29) is 12.5 Å². The van der Waals surface area contributed by atoms with Crippen molar-refractivity contribution in [1.82, 2.24) is 0 Å². The largest absolute Gasteiger partial charge is 0.465 e. The number of carbonyl (C=O) groups is 1. The molecule has 0 unspecified atom stereocenters. The standard InChI is InChI=1S/C11H14N2O2/c1-2-15-11(14)9-13-12-8-10-6-4-3-5-7-10/h3-7H,2,8-9H2,1H3. The van der Waals surface area contributed by atoms with Crippen molar-refractivity contribution in [2.75, 3.05) is 13.2 Å². The van der Waals surface area contributed by atoms with Crippen molar-refractivity contribution in [1.29, 1.82) is 0 Å². The summed E-state index contributed by atoms with van der Waals surface area (Å²) in [6.45, 7) is 2.65. The minimum Gasteiger partial charge on any atom is -0.465 e. The fraction of sp³-hybridized carbons (Fsp3) is 0.364. The van der Waals surface area contributed by atoms with Gasteiger partial charge in [-0.15, -0.1) is 0 Å². The van der Waals surface area contributed by atoms with Crippen LogP contribution in [0.2, 0.25) is 0 Å². The molecule has 0 bridgehead atoms. The lowest BCUT2D eigenvalue weighted by Crippen LogP contribution is -2.06. The second-order valence-electron chi connectivity index (χ2n) is 2.89. The highest BCUT2D eigenvalue weighted by Crippen LogP contribution is 2.00. The first-order valence-electron chi connectivity index (χ1n) is 4.85. The second-order valence-corrected chi connectivity index (χ2v) is 2.89. The number of ether oxygens (including phenoxy) is 1. The van der Waals surface area contributed by atoms with Crippen LogP contribution >= 0.6 is 0 Å². The fourth-order valence-corrected chi connectivity index (χ4v) is 1.03. The zero-order valence-corrected chi connectivity index (χ0v) is 8.72. The third kappa shape index (κ3) is 4.90. The van der Waals surface area contributed by atoms with Gasteiger partial charge < -0.3 is 4.74 Å². The van der Waals surface area contributed by atoms with Crippen LogP contribution in [0.1, 0.15) is 12.5 Å². The Bertz CT molecular complexity index is 323. The fourth-order valence-electron chi connectivity index (χ4n) is 1.03. The summed E-state index contributed by atoms with van der Waals surface area (Å²) in [7, 11) is 0. The van der Waals surface area contributed by atoms with E-state index in [0.29, 0.717) is 13.2 Å². The summed E-state index contributed by atoms with van der Waals surface area (Å²) in [5.74, 6) is -0.339. The lowest BCUT2D eigenvalue weighted by Gasteiger charge is -1.96. The van der Waals surface area contributed by atoms with Gasteiger partial charge in [0, 0.05) is 0 Å². The second kappa shape index (κ2) is 6.70. The van der Waals surface area contributed by atoms with Crippen molar-refractivity contribution in [3.05, 3.63) is 35.9 Å². The van der Waals surface area contributed by atoms with Crippen LogP contribution in [0.15, 0.2) is 40.6 Å². The third-order valence-electron chi connectivity index (χ3n) is 1.70. The minimum absolute atomic E-state index is 0.000668. The van der Waals surface area contributed by atoms with E-state index in [4.69, 9.17) is 4.74 Å². The number of nitrogens with zero attached hydrogens (tertiary/aromatic N) is 2. The lowest BCUT2D eigenvalue weighted by atomic mass is 10.2. The molecule has 1 rings (SSSR count). The maximum Gasteiger partial charge on any atom is 0.329 e. The van der Waals surface area contributed by atoms with Gasteiger partial charge >= 0.3 is 5.97 Å². The molecule has 0 fully saturated rings. The third-order valence-corrected chi connectivity index (χ3v) is 1.70. The van der Waals surface area contributed by atoms with Crippen molar-refractivity contribution in [3.8, 4) is 0 Å². The van der Waals surface area contributed by atoms with E-state index in [2.05, 4.69) is 10.2 Å². The summed E-state index contributed by atoms with van der Waals surface area (Å²) < 4.78 is 4.70. The minimum atomic E-state index is -0.339. The Kier molecular flexibility index (Phi) is 5.08. The van der Waals surface area contributed by atoms with Crippen LogP contribution in [0.4, 0.5) is 0 Å². The highest BCUT2D eigenvalue weighted by Gasteiger charge is 1.97. The molecule has 15 heavy (non-hydrogen) atoms. The molecule has 0 radical (unpaired) electrons. The predicted molar refractivity (Wildman–Crippen MR) is 56.5 cm³/mol.